The summed E-state index contributed by atoms with van der Waals surface area (Å²) >= 11 is 0. The molecule has 1 saturated heterocycles. The number of oxime groups is 1. The Balaban J connectivity index is 1.90. The number of aryl methyl sites for hydroxylation is 1. The summed E-state index contributed by atoms with van der Waals surface area (Å²) in [6, 6.07) is 8.09. The van der Waals surface area contributed by atoms with Crippen LogP contribution in [-0.4, -0.2) is 34.4 Å². The Labute approximate surface area is 118 Å². The molecule has 5 nitrogen and oxygen atoms in total. The molecular weight excluding hydrogens is 254 g/mol. The summed E-state index contributed by atoms with van der Waals surface area (Å²) < 4.78 is 0. The number of nitrogens with two attached hydrogens (primary N) is 1. The van der Waals surface area contributed by atoms with E-state index in [1.165, 1.54) is 0 Å². The van der Waals surface area contributed by atoms with Crippen LogP contribution < -0.4 is 5.73 Å². The van der Waals surface area contributed by atoms with Crippen LogP contribution in [0.25, 0.3) is 0 Å². The highest BCUT2D eigenvalue weighted by Gasteiger charge is 2.36. The van der Waals surface area contributed by atoms with E-state index in [0.29, 0.717) is 6.54 Å². The van der Waals surface area contributed by atoms with E-state index < -0.39 is 0 Å². The van der Waals surface area contributed by atoms with Crippen molar-refractivity contribution in [3.05, 3.63) is 35.4 Å². The van der Waals surface area contributed by atoms with Gasteiger partial charge in [-0.3, -0.25) is 4.79 Å². The summed E-state index contributed by atoms with van der Waals surface area (Å²) in [6.07, 6.45) is 3.73. The first-order chi connectivity index (χ1) is 9.70. The average Bonchev–Trinajstić information content (AvgIpc) is 2.64. The Bertz CT molecular complexity index is 556. The molecule has 0 unspecified atom stereocenters. The maximum Gasteiger partial charge on any atom is 0.254 e. The molecule has 0 radical (unpaired) electrons. The van der Waals surface area contributed by atoms with Crippen LogP contribution in [0, 0.1) is 5.92 Å². The first-order valence-corrected chi connectivity index (χ1v) is 7.07. The van der Waals surface area contributed by atoms with Gasteiger partial charge in [-0.15, -0.1) is 0 Å². The number of amides is 1. The second-order valence-corrected chi connectivity index (χ2v) is 5.61. The van der Waals surface area contributed by atoms with Crippen LogP contribution in [0.2, 0.25) is 0 Å². The topological polar surface area (TPSA) is 78.9 Å². The SMILES string of the molecule is N/C(=N/O)[C@H]1CC[C@H]2CCc3ccccc3C(=O)N2C1. The number of piperidine rings is 1. The minimum Gasteiger partial charge on any atom is -0.409 e. The molecule has 2 aliphatic heterocycles. The molecule has 0 spiro atoms. The second kappa shape index (κ2) is 5.15. The highest BCUT2D eigenvalue weighted by Crippen LogP contribution is 2.30. The van der Waals surface area contributed by atoms with E-state index in [1.807, 2.05) is 29.2 Å². The van der Waals surface area contributed by atoms with Gasteiger partial charge in [-0.05, 0) is 37.3 Å². The van der Waals surface area contributed by atoms with Crippen LogP contribution >= 0.6 is 0 Å². The van der Waals surface area contributed by atoms with E-state index in [2.05, 4.69) is 5.16 Å². The lowest BCUT2D eigenvalue weighted by Crippen LogP contribution is -2.49. The van der Waals surface area contributed by atoms with Crippen LogP contribution in [0.15, 0.2) is 29.4 Å². The summed E-state index contributed by atoms with van der Waals surface area (Å²) in [5.74, 6) is 0.276. The maximum atomic E-state index is 12.7. The van der Waals surface area contributed by atoms with E-state index in [4.69, 9.17) is 10.9 Å². The summed E-state index contributed by atoms with van der Waals surface area (Å²) in [5, 5.41) is 11.9. The summed E-state index contributed by atoms with van der Waals surface area (Å²) in [6.45, 7) is 0.549. The highest BCUT2D eigenvalue weighted by molar-refractivity contribution is 5.97. The van der Waals surface area contributed by atoms with Gasteiger partial charge in [0.05, 0.1) is 0 Å². The average molecular weight is 273 g/mol. The third-order valence-corrected chi connectivity index (χ3v) is 4.50. The van der Waals surface area contributed by atoms with Gasteiger partial charge < -0.3 is 15.8 Å². The zero-order valence-corrected chi connectivity index (χ0v) is 11.3. The Morgan fingerprint density at radius 1 is 1.30 bits per heavy atom. The van der Waals surface area contributed by atoms with Crippen molar-refractivity contribution >= 4 is 11.7 Å². The second-order valence-electron chi connectivity index (χ2n) is 5.61. The molecule has 2 atom stereocenters. The zero-order valence-electron chi connectivity index (χ0n) is 11.3. The van der Waals surface area contributed by atoms with Crippen LogP contribution in [0.4, 0.5) is 0 Å². The largest absolute Gasteiger partial charge is 0.409 e. The van der Waals surface area contributed by atoms with Crippen molar-refractivity contribution in [2.75, 3.05) is 6.54 Å². The van der Waals surface area contributed by atoms with E-state index in [-0.39, 0.29) is 23.7 Å². The minimum atomic E-state index is -0.0366. The number of amidine groups is 1. The summed E-state index contributed by atoms with van der Waals surface area (Å²) in [4.78, 5) is 14.6. The molecule has 2 heterocycles. The molecule has 1 aromatic carbocycles. The number of carbonyl (C=O) groups is 1. The first-order valence-electron chi connectivity index (χ1n) is 7.07. The van der Waals surface area contributed by atoms with Crippen LogP contribution in [0.5, 0.6) is 0 Å². The molecule has 0 aliphatic carbocycles. The predicted octanol–water partition coefficient (Wildman–Crippen LogP) is 1.60. The van der Waals surface area contributed by atoms with E-state index in [0.717, 1.165) is 36.8 Å². The molecule has 20 heavy (non-hydrogen) atoms. The van der Waals surface area contributed by atoms with E-state index in [1.54, 1.807) is 0 Å². The molecule has 2 aliphatic rings. The molecule has 5 heteroatoms. The van der Waals surface area contributed by atoms with Gasteiger partial charge in [0.2, 0.25) is 0 Å². The smallest absolute Gasteiger partial charge is 0.254 e. The highest BCUT2D eigenvalue weighted by atomic mass is 16.4. The fourth-order valence-electron chi connectivity index (χ4n) is 3.32. The van der Waals surface area contributed by atoms with Crippen molar-refractivity contribution in [3.8, 4) is 0 Å². The number of benzene rings is 1. The lowest BCUT2D eigenvalue weighted by atomic mass is 9.90. The number of fused-ring (bicyclic) bond motifs is 2. The van der Waals surface area contributed by atoms with Gasteiger partial charge in [0.15, 0.2) is 0 Å². The van der Waals surface area contributed by atoms with Crippen molar-refractivity contribution in [2.24, 2.45) is 16.8 Å². The van der Waals surface area contributed by atoms with E-state index in [9.17, 15) is 4.79 Å². The quantitative estimate of drug-likeness (QED) is 0.353. The molecule has 1 fully saturated rings. The molecule has 3 N–H and O–H groups in total. The Morgan fingerprint density at radius 2 is 2.10 bits per heavy atom. The number of hydrogen-bond acceptors (Lipinski definition) is 3. The molecule has 1 aromatic rings. The van der Waals surface area contributed by atoms with Gasteiger partial charge in [0.25, 0.3) is 5.91 Å². The van der Waals surface area contributed by atoms with Gasteiger partial charge in [0, 0.05) is 24.1 Å². The molecular formula is C15H19N3O2. The van der Waals surface area contributed by atoms with Gasteiger partial charge in [0.1, 0.15) is 5.84 Å². The Morgan fingerprint density at radius 3 is 2.90 bits per heavy atom. The molecule has 1 amide bonds. The number of rotatable bonds is 1. The predicted molar refractivity (Wildman–Crippen MR) is 75.7 cm³/mol. The maximum absolute atomic E-state index is 12.7. The van der Waals surface area contributed by atoms with Crippen molar-refractivity contribution in [3.63, 3.8) is 0 Å². The monoisotopic (exact) mass is 273 g/mol. The Kier molecular flexibility index (Phi) is 3.34. The number of nitrogens with zero attached hydrogens (tertiary/aromatic N) is 2. The number of carbonyl (C=O) groups excluding carboxylic acids is 1. The normalized spacial score (nSPS) is 26.7. The fourth-order valence-corrected chi connectivity index (χ4v) is 3.32. The third kappa shape index (κ3) is 2.13. The fraction of sp³-hybridized carbons (Fsp3) is 0.467. The van der Waals surface area contributed by atoms with Crippen LogP contribution in [-0.2, 0) is 6.42 Å². The van der Waals surface area contributed by atoms with Crippen molar-refractivity contribution < 1.29 is 10.0 Å². The standard InChI is InChI=1S/C15H19N3O2/c16-14(17-20)11-6-8-12-7-5-10-3-1-2-4-13(10)15(19)18(12)9-11/h1-4,11-12,20H,5-9H2,(H2,16,17)/t11-,12+/m0/s1. The summed E-state index contributed by atoms with van der Waals surface area (Å²) in [7, 11) is 0. The van der Waals surface area contributed by atoms with Crippen molar-refractivity contribution in [1.29, 1.82) is 0 Å². The van der Waals surface area contributed by atoms with Gasteiger partial charge in [-0.2, -0.15) is 0 Å². The van der Waals surface area contributed by atoms with Gasteiger partial charge in [-0.1, -0.05) is 23.4 Å². The van der Waals surface area contributed by atoms with E-state index >= 15 is 0 Å². The van der Waals surface area contributed by atoms with Gasteiger partial charge in [-0.25, -0.2) is 0 Å². The van der Waals surface area contributed by atoms with Crippen molar-refractivity contribution in [1.82, 2.24) is 4.90 Å². The zero-order chi connectivity index (χ0) is 14.1. The molecule has 0 aromatic heterocycles. The number of hydrogen-bond donors (Lipinski definition) is 2. The lowest BCUT2D eigenvalue weighted by molar-refractivity contribution is 0.0578. The molecule has 3 rings (SSSR count). The molecule has 0 saturated carbocycles. The lowest BCUT2D eigenvalue weighted by Gasteiger charge is -2.38. The third-order valence-electron chi connectivity index (χ3n) is 4.50. The summed E-state index contributed by atoms with van der Waals surface area (Å²) in [5.41, 5.74) is 7.64. The van der Waals surface area contributed by atoms with Crippen molar-refractivity contribution in [2.45, 2.75) is 31.7 Å². The van der Waals surface area contributed by atoms with Crippen LogP contribution in [0.3, 0.4) is 0 Å². The van der Waals surface area contributed by atoms with Gasteiger partial charge >= 0.3 is 0 Å². The first kappa shape index (κ1) is 13.0. The Hall–Kier alpha value is -2.04. The van der Waals surface area contributed by atoms with Crippen LogP contribution in [0.1, 0.15) is 35.2 Å². The molecule has 106 valence electrons. The molecule has 0 bridgehead atoms. The minimum absolute atomic E-state index is 0.0366.